The van der Waals surface area contributed by atoms with Gasteiger partial charge >= 0.3 is 0 Å². The lowest BCUT2D eigenvalue weighted by atomic mass is 9.96. The van der Waals surface area contributed by atoms with Crippen molar-refractivity contribution in [2.75, 3.05) is 18.4 Å². The second kappa shape index (κ2) is 9.47. The van der Waals surface area contributed by atoms with Gasteiger partial charge in [0.1, 0.15) is 12.4 Å². The summed E-state index contributed by atoms with van der Waals surface area (Å²) < 4.78 is 1.30. The normalized spacial score (nSPS) is 16.1. The van der Waals surface area contributed by atoms with Crippen LogP contribution in [0.3, 0.4) is 0 Å². The van der Waals surface area contributed by atoms with Crippen LogP contribution in [0.15, 0.2) is 29.1 Å². The predicted molar refractivity (Wildman–Crippen MR) is 123 cm³/mol. The molecule has 1 aromatic heterocycles. The van der Waals surface area contributed by atoms with E-state index in [1.807, 2.05) is 0 Å². The van der Waals surface area contributed by atoms with Crippen LogP contribution in [0, 0.1) is 30.1 Å². The van der Waals surface area contributed by atoms with Crippen molar-refractivity contribution in [2.45, 2.75) is 39.2 Å². The Morgan fingerprint density at radius 3 is 2.44 bits per heavy atom. The molecule has 1 aromatic carbocycles. The Bertz CT molecular complexity index is 1250. The summed E-state index contributed by atoms with van der Waals surface area (Å²) in [6.07, 6.45) is 2.70. The third-order valence-corrected chi connectivity index (χ3v) is 6.37. The van der Waals surface area contributed by atoms with E-state index in [-0.39, 0.29) is 36.1 Å². The molecule has 2 heterocycles. The molecule has 3 amide bonds. The van der Waals surface area contributed by atoms with Gasteiger partial charge in [0.05, 0.1) is 23.0 Å². The monoisotopic (exact) mass is 462 g/mol. The second-order valence-electron chi connectivity index (χ2n) is 8.81. The number of anilines is 1. The highest BCUT2D eigenvalue weighted by Crippen LogP contribution is 2.33. The van der Waals surface area contributed by atoms with Crippen molar-refractivity contribution in [3.63, 3.8) is 0 Å². The zero-order chi connectivity index (χ0) is 24.4. The van der Waals surface area contributed by atoms with Gasteiger partial charge in [-0.1, -0.05) is 0 Å². The molecule has 2 aromatic rings. The number of carbonyl (C=O) groups is 3. The Labute approximate surface area is 196 Å². The van der Waals surface area contributed by atoms with Crippen molar-refractivity contribution in [3.8, 4) is 17.3 Å². The fraction of sp³-hybridized carbons (Fsp3) is 0.417. The standard InChI is InChI=1S/C24H26N6O4/c1-14-27-20(18-5-2-15(12-25)10-19(18)28-24(34)17-3-4-17)11-21(31)30(14)13-22(32)29-8-6-16(7-9-29)23(26)33/h2,5,10-11,16-17H,3-4,6-9,13H2,1H3,(H2,26,33)(H,28,34). The van der Waals surface area contributed by atoms with Crippen molar-refractivity contribution in [1.82, 2.24) is 14.5 Å². The Morgan fingerprint density at radius 2 is 1.85 bits per heavy atom. The van der Waals surface area contributed by atoms with Gasteiger partial charge in [-0.25, -0.2) is 4.98 Å². The van der Waals surface area contributed by atoms with Gasteiger partial charge in [0, 0.05) is 36.6 Å². The van der Waals surface area contributed by atoms with Gasteiger partial charge in [-0.2, -0.15) is 5.26 Å². The van der Waals surface area contributed by atoms with E-state index in [4.69, 9.17) is 5.73 Å². The number of carbonyl (C=O) groups excluding carboxylic acids is 3. The smallest absolute Gasteiger partial charge is 0.254 e. The van der Waals surface area contributed by atoms with Crippen molar-refractivity contribution >= 4 is 23.4 Å². The molecule has 34 heavy (non-hydrogen) atoms. The maximum atomic E-state index is 12.9. The first-order valence-corrected chi connectivity index (χ1v) is 11.3. The highest BCUT2D eigenvalue weighted by atomic mass is 16.2. The number of amides is 3. The highest BCUT2D eigenvalue weighted by molar-refractivity contribution is 5.97. The lowest BCUT2D eigenvalue weighted by Crippen LogP contribution is -2.44. The number of piperidine rings is 1. The number of rotatable bonds is 6. The van der Waals surface area contributed by atoms with E-state index in [2.05, 4.69) is 16.4 Å². The fourth-order valence-corrected chi connectivity index (χ4v) is 4.12. The number of nitrogens with zero attached hydrogens (tertiary/aromatic N) is 4. The van der Waals surface area contributed by atoms with Crippen LogP contribution in [0.25, 0.3) is 11.3 Å². The van der Waals surface area contributed by atoms with Crippen LogP contribution >= 0.6 is 0 Å². The number of hydrogen-bond acceptors (Lipinski definition) is 6. The predicted octanol–water partition coefficient (Wildman–Crippen LogP) is 1.16. The number of benzene rings is 1. The molecule has 3 N–H and O–H groups in total. The molecule has 1 saturated carbocycles. The summed E-state index contributed by atoms with van der Waals surface area (Å²) in [4.78, 5) is 55.5. The van der Waals surface area contributed by atoms with Gasteiger partial charge in [-0.15, -0.1) is 0 Å². The summed E-state index contributed by atoms with van der Waals surface area (Å²) in [5.41, 5.74) is 6.64. The topological polar surface area (TPSA) is 151 Å². The lowest BCUT2D eigenvalue weighted by Gasteiger charge is -2.30. The van der Waals surface area contributed by atoms with Gasteiger partial charge in [0.25, 0.3) is 5.56 Å². The van der Waals surface area contributed by atoms with E-state index in [0.29, 0.717) is 54.3 Å². The molecule has 1 saturated heterocycles. The molecule has 10 heteroatoms. The summed E-state index contributed by atoms with van der Waals surface area (Å²) in [5, 5.41) is 12.1. The molecule has 0 bridgehead atoms. The summed E-state index contributed by atoms with van der Waals surface area (Å²) in [6.45, 7) is 2.32. The quantitative estimate of drug-likeness (QED) is 0.657. The van der Waals surface area contributed by atoms with Crippen molar-refractivity contribution in [1.29, 1.82) is 5.26 Å². The molecule has 2 fully saturated rings. The first-order chi connectivity index (χ1) is 16.3. The molecule has 176 valence electrons. The van der Waals surface area contributed by atoms with Gasteiger partial charge in [0.2, 0.25) is 17.7 Å². The average Bonchev–Trinajstić information content (AvgIpc) is 3.67. The van der Waals surface area contributed by atoms with Crippen molar-refractivity contribution in [3.05, 3.63) is 46.0 Å². The number of primary amides is 1. The molecule has 0 spiro atoms. The minimum atomic E-state index is -0.397. The molecule has 2 aliphatic rings. The van der Waals surface area contributed by atoms with Crippen LogP contribution in [0.2, 0.25) is 0 Å². The van der Waals surface area contributed by atoms with Crippen LogP contribution < -0.4 is 16.6 Å². The maximum Gasteiger partial charge on any atom is 0.254 e. The highest BCUT2D eigenvalue weighted by Gasteiger charge is 2.30. The molecular formula is C24H26N6O4. The molecule has 0 atom stereocenters. The van der Waals surface area contributed by atoms with E-state index in [1.165, 1.54) is 10.6 Å². The molecule has 0 unspecified atom stereocenters. The fourth-order valence-electron chi connectivity index (χ4n) is 4.12. The minimum absolute atomic E-state index is 0.0275. The minimum Gasteiger partial charge on any atom is -0.369 e. The first kappa shape index (κ1) is 23.2. The molecular weight excluding hydrogens is 436 g/mol. The lowest BCUT2D eigenvalue weighted by molar-refractivity contribution is -0.135. The SMILES string of the molecule is Cc1nc(-c2ccc(C#N)cc2NC(=O)C2CC2)cc(=O)n1CC(=O)N1CCC(C(N)=O)CC1. The summed E-state index contributed by atoms with van der Waals surface area (Å²) in [7, 11) is 0. The molecule has 1 aliphatic carbocycles. The van der Waals surface area contributed by atoms with E-state index in [9.17, 15) is 24.4 Å². The van der Waals surface area contributed by atoms with Gasteiger partial charge in [-0.3, -0.25) is 23.7 Å². The van der Waals surface area contributed by atoms with Crippen LogP contribution in [0.1, 0.15) is 37.1 Å². The average molecular weight is 463 g/mol. The molecule has 4 rings (SSSR count). The molecule has 0 radical (unpaired) electrons. The number of nitrogens with two attached hydrogens (primary N) is 1. The Hall–Kier alpha value is -4.00. The number of hydrogen-bond donors (Lipinski definition) is 2. The Morgan fingerprint density at radius 1 is 1.15 bits per heavy atom. The number of likely N-dealkylation sites (tertiary alicyclic amines) is 1. The van der Waals surface area contributed by atoms with Gasteiger partial charge < -0.3 is 16.0 Å². The second-order valence-corrected chi connectivity index (χ2v) is 8.81. The van der Waals surface area contributed by atoms with Crippen LogP contribution in [-0.2, 0) is 20.9 Å². The van der Waals surface area contributed by atoms with E-state index < -0.39 is 5.56 Å². The maximum absolute atomic E-state index is 12.9. The summed E-state index contributed by atoms with van der Waals surface area (Å²) >= 11 is 0. The number of aryl methyl sites for hydroxylation is 1. The number of aromatic nitrogens is 2. The van der Waals surface area contributed by atoms with Crippen LogP contribution in [0.5, 0.6) is 0 Å². The van der Waals surface area contributed by atoms with Gasteiger partial charge in [-0.05, 0) is 50.8 Å². The number of nitriles is 1. The van der Waals surface area contributed by atoms with E-state index >= 15 is 0 Å². The van der Waals surface area contributed by atoms with E-state index in [0.717, 1.165) is 12.8 Å². The largest absolute Gasteiger partial charge is 0.369 e. The van der Waals surface area contributed by atoms with Crippen molar-refractivity contribution < 1.29 is 14.4 Å². The van der Waals surface area contributed by atoms with Crippen LogP contribution in [0.4, 0.5) is 5.69 Å². The molecule has 1 aliphatic heterocycles. The van der Waals surface area contributed by atoms with Crippen molar-refractivity contribution in [2.24, 2.45) is 17.6 Å². The van der Waals surface area contributed by atoms with Gasteiger partial charge in [0.15, 0.2) is 0 Å². The summed E-state index contributed by atoms with van der Waals surface area (Å²) in [6, 6.07) is 8.20. The summed E-state index contributed by atoms with van der Waals surface area (Å²) in [5.74, 6) is -0.594. The Balaban J connectivity index is 1.55. The zero-order valence-electron chi connectivity index (χ0n) is 18.9. The third-order valence-electron chi connectivity index (χ3n) is 6.37. The first-order valence-electron chi connectivity index (χ1n) is 11.3. The van der Waals surface area contributed by atoms with E-state index in [1.54, 1.807) is 30.0 Å². The zero-order valence-corrected chi connectivity index (χ0v) is 18.9. The van der Waals surface area contributed by atoms with Crippen LogP contribution in [-0.4, -0.2) is 45.3 Å². The third kappa shape index (κ3) is 4.98. The Kier molecular flexibility index (Phi) is 6.45. The number of nitrogens with one attached hydrogen (secondary N) is 1. The molecule has 10 nitrogen and oxygen atoms in total.